The number of ketones is 3. The number of aliphatic hydroxyl groups is 3. The molecule has 3 unspecified atom stereocenters. The zero-order valence-electron chi connectivity index (χ0n) is 43.0. The van der Waals surface area contributed by atoms with E-state index in [1.165, 1.54) is 205 Å². The smallest absolute Gasteiger partial charge is 0.205 e. The topological polar surface area (TPSA) is 112 Å². The Hall–Kier alpha value is -0.760. The highest BCUT2D eigenvalue weighted by Crippen LogP contribution is 2.36. The fraction of sp³-hybridized carbons (Fsp3) is 0.947. The highest BCUT2D eigenvalue weighted by molar-refractivity contribution is 7.82. The zero-order valence-corrected chi connectivity index (χ0v) is 43.9. The van der Waals surface area contributed by atoms with Crippen molar-refractivity contribution in [3.05, 3.63) is 0 Å². The molecule has 0 aliphatic rings. The maximum Gasteiger partial charge on any atom is 0.205 e. The second-order valence-corrected chi connectivity index (χ2v) is 20.9. The Balaban J connectivity index is 4.85. The van der Waals surface area contributed by atoms with Crippen molar-refractivity contribution >= 4 is 30.0 Å². The summed E-state index contributed by atoms with van der Waals surface area (Å²) in [5, 5.41) is 34.8. The number of rotatable bonds is 53. The van der Waals surface area contributed by atoms with Crippen molar-refractivity contribution in [3.63, 3.8) is 0 Å². The molecule has 7 heteroatoms. The molecule has 0 aromatic rings. The monoisotopic (exact) mass is 923 g/mol. The van der Waals surface area contributed by atoms with Gasteiger partial charge in [-0.05, 0) is 19.3 Å². The summed E-state index contributed by atoms with van der Waals surface area (Å²) in [4.78, 5) is 37.9. The predicted octanol–water partition coefficient (Wildman–Crippen LogP) is 17.2. The van der Waals surface area contributed by atoms with Gasteiger partial charge in [-0.15, -0.1) is 12.6 Å². The van der Waals surface area contributed by atoms with E-state index in [1.54, 1.807) is 0 Å². The van der Waals surface area contributed by atoms with Crippen LogP contribution >= 0.6 is 12.6 Å². The molecule has 64 heavy (non-hydrogen) atoms. The van der Waals surface area contributed by atoms with Crippen LogP contribution in [0.25, 0.3) is 0 Å². The van der Waals surface area contributed by atoms with E-state index in [9.17, 15) is 29.7 Å². The summed E-state index contributed by atoms with van der Waals surface area (Å²) < 4.78 is 0. The van der Waals surface area contributed by atoms with E-state index in [-0.39, 0.29) is 19.3 Å². The van der Waals surface area contributed by atoms with E-state index in [0.29, 0.717) is 19.3 Å². The maximum absolute atomic E-state index is 13.8. The first kappa shape index (κ1) is 63.2. The van der Waals surface area contributed by atoms with E-state index in [1.807, 2.05) is 0 Å². The molecule has 6 nitrogen and oxygen atoms in total. The van der Waals surface area contributed by atoms with Crippen molar-refractivity contribution in [3.8, 4) is 0 Å². The molecule has 0 fully saturated rings. The molecule has 0 rings (SSSR count). The summed E-state index contributed by atoms with van der Waals surface area (Å²) in [5.74, 6) is -2.40. The predicted molar refractivity (Wildman–Crippen MR) is 279 cm³/mol. The van der Waals surface area contributed by atoms with Crippen molar-refractivity contribution in [2.75, 3.05) is 0 Å². The standard InChI is InChI=1S/C57H110O6S/c1-4-7-10-13-16-19-22-25-28-31-34-37-40-43-46-49-52(58)55(61)56(62,53(59)50-47-44-41-38-35-32-29-26-23-20-17-14-11-8-5-2)57(63,64)54(60)51-48-45-42-39-36-33-30-27-24-21-18-15-12-9-6-3/h55,61-64H,4-51H2,1-3H3. The van der Waals surface area contributed by atoms with E-state index < -0.39 is 34.0 Å². The minimum Gasteiger partial charge on any atom is -0.382 e. The summed E-state index contributed by atoms with van der Waals surface area (Å²) in [7, 11) is 0. The summed E-state index contributed by atoms with van der Waals surface area (Å²) in [6.07, 6.45) is 50.7. The molecule has 0 amide bonds. The van der Waals surface area contributed by atoms with Gasteiger partial charge in [0.15, 0.2) is 23.5 Å². The number of hydrogen-bond donors (Lipinski definition) is 4. The summed E-state index contributed by atoms with van der Waals surface area (Å²) in [6.45, 7) is 6.77. The third kappa shape index (κ3) is 33.7. The first-order valence-corrected chi connectivity index (χ1v) is 29.0. The van der Waals surface area contributed by atoms with Gasteiger partial charge in [0.1, 0.15) is 0 Å². The second-order valence-electron chi connectivity index (χ2n) is 20.3. The normalized spacial score (nSPS) is 14.1. The number of hydrogen-bond acceptors (Lipinski definition) is 7. The van der Waals surface area contributed by atoms with Crippen molar-refractivity contribution in [2.24, 2.45) is 0 Å². The lowest BCUT2D eigenvalue weighted by molar-refractivity contribution is -0.187. The molecule has 0 bridgehead atoms. The molecule has 0 saturated carbocycles. The van der Waals surface area contributed by atoms with Crippen LogP contribution in [-0.2, 0) is 14.4 Å². The van der Waals surface area contributed by atoms with Crippen LogP contribution in [0.1, 0.15) is 329 Å². The molecule has 0 aliphatic carbocycles. The lowest BCUT2D eigenvalue weighted by Crippen LogP contribution is -2.68. The lowest BCUT2D eigenvalue weighted by atomic mass is 9.78. The second kappa shape index (κ2) is 46.0. The maximum atomic E-state index is 13.8. The van der Waals surface area contributed by atoms with Crippen molar-refractivity contribution in [2.45, 2.75) is 346 Å². The average molecular weight is 924 g/mol. The van der Waals surface area contributed by atoms with E-state index in [2.05, 4.69) is 33.4 Å². The largest absolute Gasteiger partial charge is 0.382 e. The first-order chi connectivity index (χ1) is 31.1. The Bertz CT molecular complexity index is 1050. The third-order valence-electron chi connectivity index (χ3n) is 14.1. The molecule has 3 atom stereocenters. The lowest BCUT2D eigenvalue weighted by Gasteiger charge is -2.40. The van der Waals surface area contributed by atoms with Gasteiger partial charge in [0, 0.05) is 19.3 Å². The Morgan fingerprint density at radius 2 is 0.516 bits per heavy atom. The number of Topliss-reactive ketones (excluding diaryl/α,β-unsaturated/α-hetero) is 3. The van der Waals surface area contributed by atoms with Crippen molar-refractivity contribution < 1.29 is 29.7 Å². The van der Waals surface area contributed by atoms with Gasteiger partial charge in [0.25, 0.3) is 0 Å². The molecular formula is C57H110O6S. The minimum atomic E-state index is -2.99. The van der Waals surface area contributed by atoms with Crippen LogP contribution in [0.5, 0.6) is 0 Å². The van der Waals surface area contributed by atoms with Gasteiger partial charge in [-0.3, -0.25) is 14.4 Å². The zero-order chi connectivity index (χ0) is 47.3. The van der Waals surface area contributed by atoms with Gasteiger partial charge in [0.05, 0.1) is 0 Å². The molecule has 0 heterocycles. The molecule has 0 radical (unpaired) electrons. The highest BCUT2D eigenvalue weighted by atomic mass is 32.1. The summed E-state index contributed by atoms with van der Waals surface area (Å²) in [6, 6.07) is 0. The van der Waals surface area contributed by atoms with E-state index in [0.717, 1.165) is 64.2 Å². The molecule has 3 N–H and O–H groups in total. The quantitative estimate of drug-likeness (QED) is 0.0275. The van der Waals surface area contributed by atoms with Crippen molar-refractivity contribution in [1.82, 2.24) is 0 Å². The van der Waals surface area contributed by atoms with Gasteiger partial charge < -0.3 is 15.3 Å². The summed E-state index contributed by atoms with van der Waals surface area (Å²) >= 11 is 4.24. The average Bonchev–Trinajstić information content (AvgIpc) is 3.29. The van der Waals surface area contributed by atoms with E-state index in [4.69, 9.17) is 0 Å². The van der Waals surface area contributed by atoms with Gasteiger partial charge in [0.2, 0.25) is 10.5 Å². The highest BCUT2D eigenvalue weighted by Gasteiger charge is 2.62. The van der Waals surface area contributed by atoms with Gasteiger partial charge >= 0.3 is 0 Å². The van der Waals surface area contributed by atoms with Crippen LogP contribution in [0, 0.1) is 0 Å². The number of carbonyl (C=O) groups is 3. The van der Waals surface area contributed by atoms with Gasteiger partial charge in [-0.1, -0.05) is 290 Å². The molecule has 380 valence electrons. The first-order valence-electron chi connectivity index (χ1n) is 28.6. The van der Waals surface area contributed by atoms with Gasteiger partial charge in [-0.2, -0.15) is 0 Å². The van der Waals surface area contributed by atoms with E-state index >= 15 is 0 Å². The number of carbonyl (C=O) groups excluding carboxylic acids is 3. The van der Waals surface area contributed by atoms with Crippen LogP contribution < -0.4 is 0 Å². The van der Waals surface area contributed by atoms with Crippen LogP contribution in [-0.4, -0.2) is 49.3 Å². The van der Waals surface area contributed by atoms with Crippen LogP contribution in [0.15, 0.2) is 0 Å². The molecule has 0 aliphatic heterocycles. The third-order valence-corrected chi connectivity index (χ3v) is 14.7. The number of aliphatic hydroxyl groups excluding tert-OH is 1. The molecular weight excluding hydrogens is 813 g/mol. The molecule has 0 aromatic heterocycles. The number of unbranched alkanes of at least 4 members (excludes halogenated alkanes) is 42. The fourth-order valence-electron chi connectivity index (χ4n) is 9.47. The Kier molecular flexibility index (Phi) is 45.4. The van der Waals surface area contributed by atoms with Crippen LogP contribution in [0.2, 0.25) is 0 Å². The summed E-state index contributed by atoms with van der Waals surface area (Å²) in [5.41, 5.74) is -2.99. The van der Waals surface area contributed by atoms with Crippen LogP contribution in [0.3, 0.4) is 0 Å². The van der Waals surface area contributed by atoms with Gasteiger partial charge in [-0.25, -0.2) is 0 Å². The SMILES string of the molecule is CCCCCCCCCCCCCCCCCC(=O)C(O)C(O)(C(=O)CCCCCCCCCCCCCCCCC)C(O)(S)C(=O)CCCCCCCCCCCCCCCCC. The Labute approximate surface area is 403 Å². The number of thiol groups is 1. The molecule has 0 aromatic carbocycles. The fourth-order valence-corrected chi connectivity index (χ4v) is 9.83. The van der Waals surface area contributed by atoms with Crippen LogP contribution in [0.4, 0.5) is 0 Å². The Morgan fingerprint density at radius 3 is 0.750 bits per heavy atom. The molecule has 0 spiro atoms. The molecule has 0 saturated heterocycles. The Morgan fingerprint density at radius 1 is 0.328 bits per heavy atom. The van der Waals surface area contributed by atoms with Crippen molar-refractivity contribution in [1.29, 1.82) is 0 Å². The minimum absolute atomic E-state index is 0.0228.